The fraction of sp³-hybridized carbons (Fsp3) is 0.400. The highest BCUT2D eigenvalue weighted by molar-refractivity contribution is 6.02. The van der Waals surface area contributed by atoms with E-state index in [1.165, 1.54) is 13.2 Å². The van der Waals surface area contributed by atoms with Gasteiger partial charge in [-0.25, -0.2) is 0 Å². The SMILES string of the molecule is CC(=O)c1[nH]c(C)c(C(=O)N(C)[C@@H](C)c2ccon2)c1C. The molecule has 1 atom stereocenters. The van der Waals surface area contributed by atoms with E-state index in [9.17, 15) is 9.59 Å². The Bertz CT molecular complexity index is 671. The molecule has 0 aliphatic carbocycles. The number of hydrogen-bond acceptors (Lipinski definition) is 4. The molecule has 0 saturated carbocycles. The lowest BCUT2D eigenvalue weighted by Crippen LogP contribution is -2.30. The number of carbonyl (C=O) groups excluding carboxylic acids is 2. The summed E-state index contributed by atoms with van der Waals surface area (Å²) in [5.41, 5.74) is 3.09. The second-order valence-corrected chi connectivity index (χ2v) is 5.20. The largest absolute Gasteiger partial charge is 0.364 e. The average molecular weight is 289 g/mol. The number of nitrogens with zero attached hydrogens (tertiary/aromatic N) is 2. The van der Waals surface area contributed by atoms with Crippen LogP contribution in [0.5, 0.6) is 0 Å². The van der Waals surface area contributed by atoms with Crippen LogP contribution in [0.3, 0.4) is 0 Å². The Kier molecular flexibility index (Phi) is 3.97. The maximum Gasteiger partial charge on any atom is 0.256 e. The number of hydrogen-bond donors (Lipinski definition) is 1. The molecule has 2 rings (SSSR count). The molecule has 112 valence electrons. The molecular formula is C15H19N3O3. The van der Waals surface area contributed by atoms with Gasteiger partial charge in [0, 0.05) is 25.7 Å². The van der Waals surface area contributed by atoms with Gasteiger partial charge in [0.05, 0.1) is 17.3 Å². The van der Waals surface area contributed by atoms with E-state index in [0.717, 1.165) is 0 Å². The first kappa shape index (κ1) is 15.0. The van der Waals surface area contributed by atoms with Crippen LogP contribution in [0.4, 0.5) is 0 Å². The van der Waals surface area contributed by atoms with Crippen LogP contribution < -0.4 is 0 Å². The molecule has 1 N–H and O–H groups in total. The third-order valence-corrected chi connectivity index (χ3v) is 3.79. The first-order valence-corrected chi connectivity index (χ1v) is 6.72. The van der Waals surface area contributed by atoms with Crippen molar-refractivity contribution < 1.29 is 14.1 Å². The van der Waals surface area contributed by atoms with Gasteiger partial charge in [-0.05, 0) is 26.3 Å². The second kappa shape index (κ2) is 5.55. The van der Waals surface area contributed by atoms with Crippen LogP contribution in [0.2, 0.25) is 0 Å². The van der Waals surface area contributed by atoms with Gasteiger partial charge in [0.15, 0.2) is 5.78 Å². The number of ketones is 1. The van der Waals surface area contributed by atoms with Gasteiger partial charge in [0.25, 0.3) is 5.91 Å². The zero-order chi connectivity index (χ0) is 15.7. The van der Waals surface area contributed by atoms with Gasteiger partial charge in [0.1, 0.15) is 12.0 Å². The summed E-state index contributed by atoms with van der Waals surface area (Å²) in [4.78, 5) is 28.8. The fourth-order valence-corrected chi connectivity index (χ4v) is 2.41. The van der Waals surface area contributed by atoms with Gasteiger partial charge in [-0.15, -0.1) is 0 Å². The molecular weight excluding hydrogens is 270 g/mol. The van der Waals surface area contributed by atoms with E-state index < -0.39 is 0 Å². The number of aryl methyl sites for hydroxylation is 1. The highest BCUT2D eigenvalue weighted by atomic mass is 16.5. The van der Waals surface area contributed by atoms with Crippen LogP contribution in [0.15, 0.2) is 16.9 Å². The smallest absolute Gasteiger partial charge is 0.256 e. The highest BCUT2D eigenvalue weighted by Gasteiger charge is 2.26. The first-order valence-electron chi connectivity index (χ1n) is 6.72. The summed E-state index contributed by atoms with van der Waals surface area (Å²) in [6.45, 7) is 6.93. The first-order chi connectivity index (χ1) is 9.84. The molecule has 0 radical (unpaired) electrons. The summed E-state index contributed by atoms with van der Waals surface area (Å²) in [7, 11) is 1.71. The Morgan fingerprint density at radius 3 is 2.52 bits per heavy atom. The molecule has 0 fully saturated rings. The van der Waals surface area contributed by atoms with Crippen molar-refractivity contribution in [2.24, 2.45) is 0 Å². The molecule has 2 aromatic rings. The summed E-state index contributed by atoms with van der Waals surface area (Å²) in [5, 5.41) is 3.86. The summed E-state index contributed by atoms with van der Waals surface area (Å²) in [6.07, 6.45) is 1.48. The number of H-pyrrole nitrogens is 1. The molecule has 2 aromatic heterocycles. The Hall–Kier alpha value is -2.37. The van der Waals surface area contributed by atoms with Crippen molar-refractivity contribution in [3.8, 4) is 0 Å². The molecule has 0 aliphatic heterocycles. The normalized spacial score (nSPS) is 12.2. The Morgan fingerprint density at radius 1 is 1.38 bits per heavy atom. The summed E-state index contributed by atoms with van der Waals surface area (Å²) in [5.74, 6) is -0.230. The van der Waals surface area contributed by atoms with Crippen molar-refractivity contribution in [2.45, 2.75) is 33.7 Å². The van der Waals surface area contributed by atoms with Crippen molar-refractivity contribution in [1.29, 1.82) is 0 Å². The number of rotatable bonds is 4. The number of nitrogens with one attached hydrogen (secondary N) is 1. The van der Waals surface area contributed by atoms with Gasteiger partial charge in [-0.2, -0.15) is 0 Å². The predicted octanol–water partition coefficient (Wildman–Crippen LogP) is 2.66. The van der Waals surface area contributed by atoms with E-state index in [2.05, 4.69) is 10.1 Å². The zero-order valence-corrected chi connectivity index (χ0v) is 12.9. The molecule has 6 heteroatoms. The third kappa shape index (κ3) is 2.61. The van der Waals surface area contributed by atoms with Crippen molar-refractivity contribution >= 4 is 11.7 Å². The lowest BCUT2D eigenvalue weighted by molar-refractivity contribution is 0.0736. The molecule has 1 amide bonds. The Balaban J connectivity index is 2.34. The third-order valence-electron chi connectivity index (χ3n) is 3.79. The lowest BCUT2D eigenvalue weighted by atomic mass is 10.1. The van der Waals surface area contributed by atoms with Crippen molar-refractivity contribution in [2.75, 3.05) is 7.05 Å². The van der Waals surface area contributed by atoms with Gasteiger partial charge in [-0.3, -0.25) is 9.59 Å². The van der Waals surface area contributed by atoms with Crippen molar-refractivity contribution in [1.82, 2.24) is 15.0 Å². The standard InChI is InChI=1S/C15H19N3O3/c1-8-13(9(2)16-14(8)11(4)19)15(20)18(5)10(3)12-6-7-21-17-12/h6-7,10,16H,1-5H3/t10-/m0/s1. The number of amides is 1. The van der Waals surface area contributed by atoms with Gasteiger partial charge >= 0.3 is 0 Å². The van der Waals surface area contributed by atoms with Crippen LogP contribution in [0, 0.1) is 13.8 Å². The van der Waals surface area contributed by atoms with Gasteiger partial charge < -0.3 is 14.4 Å². The van der Waals surface area contributed by atoms with E-state index in [-0.39, 0.29) is 17.7 Å². The van der Waals surface area contributed by atoms with Crippen LogP contribution in [0.1, 0.15) is 57.7 Å². The fourth-order valence-electron chi connectivity index (χ4n) is 2.41. The van der Waals surface area contributed by atoms with Crippen molar-refractivity contribution in [3.63, 3.8) is 0 Å². The molecule has 6 nitrogen and oxygen atoms in total. The number of aromatic nitrogens is 2. The number of carbonyl (C=O) groups is 2. The van der Waals surface area contributed by atoms with Crippen LogP contribution in [-0.2, 0) is 0 Å². The minimum Gasteiger partial charge on any atom is -0.364 e. The van der Waals surface area contributed by atoms with Crippen LogP contribution in [-0.4, -0.2) is 33.8 Å². The molecule has 0 spiro atoms. The molecule has 0 aliphatic rings. The number of Topliss-reactive ketones (excluding diaryl/α,β-unsaturated/α-hetero) is 1. The topological polar surface area (TPSA) is 79.2 Å². The molecule has 21 heavy (non-hydrogen) atoms. The van der Waals surface area contributed by atoms with E-state index in [0.29, 0.717) is 28.2 Å². The van der Waals surface area contributed by atoms with Crippen LogP contribution in [0.25, 0.3) is 0 Å². The predicted molar refractivity (Wildman–Crippen MR) is 77.3 cm³/mol. The monoisotopic (exact) mass is 289 g/mol. The molecule has 0 bridgehead atoms. The maximum absolute atomic E-state index is 12.7. The second-order valence-electron chi connectivity index (χ2n) is 5.20. The minimum atomic E-state index is -0.217. The molecule has 0 saturated heterocycles. The van der Waals surface area contributed by atoms with E-state index in [1.807, 2.05) is 6.92 Å². The Morgan fingerprint density at radius 2 is 2.05 bits per heavy atom. The maximum atomic E-state index is 12.7. The summed E-state index contributed by atoms with van der Waals surface area (Å²) in [6, 6.07) is 1.51. The quantitative estimate of drug-likeness (QED) is 0.877. The lowest BCUT2D eigenvalue weighted by Gasteiger charge is -2.23. The highest BCUT2D eigenvalue weighted by Crippen LogP contribution is 2.24. The minimum absolute atomic E-state index is 0.0816. The average Bonchev–Trinajstić information content (AvgIpc) is 3.05. The molecule has 0 aromatic carbocycles. The summed E-state index contributed by atoms with van der Waals surface area (Å²) >= 11 is 0. The van der Waals surface area contributed by atoms with E-state index in [4.69, 9.17) is 4.52 Å². The molecule has 2 heterocycles. The van der Waals surface area contributed by atoms with E-state index in [1.54, 1.807) is 31.9 Å². The Labute approximate surface area is 123 Å². The van der Waals surface area contributed by atoms with Gasteiger partial charge in [0.2, 0.25) is 0 Å². The van der Waals surface area contributed by atoms with Crippen molar-refractivity contribution in [3.05, 3.63) is 40.5 Å². The van der Waals surface area contributed by atoms with Crippen LogP contribution >= 0.6 is 0 Å². The van der Waals surface area contributed by atoms with Gasteiger partial charge in [-0.1, -0.05) is 5.16 Å². The summed E-state index contributed by atoms with van der Waals surface area (Å²) < 4.78 is 4.82. The van der Waals surface area contributed by atoms with E-state index >= 15 is 0 Å². The zero-order valence-electron chi connectivity index (χ0n) is 12.9. The number of aromatic amines is 1. The molecule has 0 unspecified atom stereocenters.